The molecule has 0 spiro atoms. The smallest absolute Gasteiger partial charge is 0.242 e. The molecule has 0 atom stereocenters. The van der Waals surface area contributed by atoms with Crippen molar-refractivity contribution in [3.8, 4) is 0 Å². The van der Waals surface area contributed by atoms with Crippen molar-refractivity contribution >= 4 is 10.0 Å². The monoisotopic (exact) mass is 311 g/mol. The summed E-state index contributed by atoms with van der Waals surface area (Å²) in [7, 11) is -1.57. The lowest BCUT2D eigenvalue weighted by molar-refractivity contribution is 0.400. The van der Waals surface area contributed by atoms with Gasteiger partial charge in [0.2, 0.25) is 10.0 Å². The summed E-state index contributed by atoms with van der Waals surface area (Å²) in [6.45, 7) is 4.65. The Hall–Kier alpha value is -0.850. The van der Waals surface area contributed by atoms with Gasteiger partial charge < -0.3 is 9.88 Å². The number of nitrogens with zero attached hydrogens (tertiary/aromatic N) is 1. The summed E-state index contributed by atoms with van der Waals surface area (Å²) in [6.07, 6.45) is 6.32. The number of aromatic nitrogens is 1. The number of hydrogen-bond donors (Lipinski definition) is 2. The predicted octanol–water partition coefficient (Wildman–Crippen LogP) is 2.01. The topological polar surface area (TPSA) is 63.1 Å². The SMILES string of the molecule is CNCc1cc(S(=O)(=O)NC(C)(C)C2CC2)cn1C1CC1. The van der Waals surface area contributed by atoms with Crippen molar-refractivity contribution in [3.05, 3.63) is 18.0 Å². The summed E-state index contributed by atoms with van der Waals surface area (Å²) < 4.78 is 30.3. The molecule has 2 N–H and O–H groups in total. The molecule has 0 aliphatic heterocycles. The predicted molar refractivity (Wildman–Crippen MR) is 82.6 cm³/mol. The van der Waals surface area contributed by atoms with Gasteiger partial charge in [0.1, 0.15) is 0 Å². The minimum Gasteiger partial charge on any atom is -0.346 e. The van der Waals surface area contributed by atoms with Crippen LogP contribution in [0, 0.1) is 5.92 Å². The van der Waals surface area contributed by atoms with E-state index in [9.17, 15) is 8.42 Å². The fourth-order valence-electron chi connectivity index (χ4n) is 2.95. The van der Waals surface area contributed by atoms with Crippen molar-refractivity contribution in [2.24, 2.45) is 5.92 Å². The van der Waals surface area contributed by atoms with Crippen LogP contribution in [0.5, 0.6) is 0 Å². The Balaban J connectivity index is 1.86. The minimum atomic E-state index is -3.45. The first kappa shape index (κ1) is 15.1. The first-order chi connectivity index (χ1) is 9.83. The normalized spacial score (nSPS) is 20.0. The number of hydrogen-bond acceptors (Lipinski definition) is 3. The van der Waals surface area contributed by atoms with Gasteiger partial charge in [0.25, 0.3) is 0 Å². The van der Waals surface area contributed by atoms with Crippen LogP contribution in [-0.4, -0.2) is 25.6 Å². The Morgan fingerprint density at radius 1 is 1.29 bits per heavy atom. The maximum Gasteiger partial charge on any atom is 0.242 e. The summed E-state index contributed by atoms with van der Waals surface area (Å²) in [4.78, 5) is 0.397. The van der Waals surface area contributed by atoms with Gasteiger partial charge in [-0.25, -0.2) is 13.1 Å². The number of nitrogens with one attached hydrogen (secondary N) is 2. The van der Waals surface area contributed by atoms with Crippen molar-refractivity contribution in [1.29, 1.82) is 0 Å². The van der Waals surface area contributed by atoms with Crippen LogP contribution < -0.4 is 10.0 Å². The second-order valence-corrected chi connectivity index (χ2v) is 8.62. The Bertz CT molecular complexity index is 625. The molecule has 5 nitrogen and oxygen atoms in total. The molecule has 3 rings (SSSR count). The molecule has 6 heteroatoms. The highest BCUT2D eigenvalue weighted by molar-refractivity contribution is 7.89. The van der Waals surface area contributed by atoms with Gasteiger partial charge in [0.05, 0.1) is 4.90 Å². The van der Waals surface area contributed by atoms with Gasteiger partial charge in [-0.05, 0) is 58.6 Å². The van der Waals surface area contributed by atoms with Crippen LogP contribution in [0.3, 0.4) is 0 Å². The summed E-state index contributed by atoms with van der Waals surface area (Å²) in [6, 6.07) is 2.29. The fraction of sp³-hybridized carbons (Fsp3) is 0.733. The first-order valence-electron chi connectivity index (χ1n) is 7.73. The maximum absolute atomic E-state index is 12.6. The van der Waals surface area contributed by atoms with Crippen LogP contribution in [0.2, 0.25) is 0 Å². The van der Waals surface area contributed by atoms with E-state index in [1.165, 1.54) is 0 Å². The lowest BCUT2D eigenvalue weighted by Crippen LogP contribution is -2.44. The van der Waals surface area contributed by atoms with Gasteiger partial charge in [-0.15, -0.1) is 0 Å². The van der Waals surface area contributed by atoms with Crippen molar-refractivity contribution in [2.75, 3.05) is 7.05 Å². The van der Waals surface area contributed by atoms with E-state index in [0.717, 1.165) is 31.4 Å². The highest BCUT2D eigenvalue weighted by atomic mass is 32.2. The van der Waals surface area contributed by atoms with Crippen molar-refractivity contribution in [3.63, 3.8) is 0 Å². The number of rotatable bonds is 7. The van der Waals surface area contributed by atoms with Gasteiger partial charge >= 0.3 is 0 Å². The molecule has 0 bridgehead atoms. The molecule has 2 saturated carbocycles. The van der Waals surface area contributed by atoms with E-state index in [2.05, 4.69) is 14.6 Å². The molecule has 118 valence electrons. The number of sulfonamides is 1. The average Bonchev–Trinajstić information content (AvgIpc) is 3.26. The molecule has 21 heavy (non-hydrogen) atoms. The van der Waals surface area contributed by atoms with E-state index >= 15 is 0 Å². The average molecular weight is 311 g/mol. The molecule has 1 aromatic heterocycles. The van der Waals surface area contributed by atoms with Crippen LogP contribution in [0.15, 0.2) is 17.2 Å². The fourth-order valence-corrected chi connectivity index (χ4v) is 4.47. The summed E-state index contributed by atoms with van der Waals surface area (Å²) in [5.41, 5.74) is 0.688. The molecular weight excluding hydrogens is 286 g/mol. The molecule has 1 aromatic rings. The Morgan fingerprint density at radius 3 is 2.48 bits per heavy atom. The maximum atomic E-state index is 12.6. The van der Waals surface area contributed by atoms with Gasteiger partial charge in [0.15, 0.2) is 0 Å². The third-order valence-corrected chi connectivity index (χ3v) is 6.15. The third kappa shape index (κ3) is 3.17. The highest BCUT2D eigenvalue weighted by Crippen LogP contribution is 2.40. The third-order valence-electron chi connectivity index (χ3n) is 4.51. The largest absolute Gasteiger partial charge is 0.346 e. The molecule has 0 unspecified atom stereocenters. The van der Waals surface area contributed by atoms with Crippen LogP contribution in [0.1, 0.15) is 51.3 Å². The van der Waals surface area contributed by atoms with Gasteiger partial charge in [0, 0.05) is 30.0 Å². The lowest BCUT2D eigenvalue weighted by atomic mass is 10.0. The molecular formula is C15H25N3O2S. The zero-order valence-corrected chi connectivity index (χ0v) is 13.8. The van der Waals surface area contributed by atoms with Gasteiger partial charge in [-0.1, -0.05) is 0 Å². The Labute approximate surface area is 127 Å². The highest BCUT2D eigenvalue weighted by Gasteiger charge is 2.41. The zero-order chi connectivity index (χ0) is 15.3. The van der Waals surface area contributed by atoms with E-state index in [1.807, 2.05) is 20.9 Å². The van der Waals surface area contributed by atoms with Crippen LogP contribution in [0.4, 0.5) is 0 Å². The summed E-state index contributed by atoms with van der Waals surface area (Å²) >= 11 is 0. The van der Waals surface area contributed by atoms with Gasteiger partial charge in [-0.2, -0.15) is 0 Å². The molecule has 0 radical (unpaired) electrons. The van der Waals surface area contributed by atoms with Crippen molar-refractivity contribution in [1.82, 2.24) is 14.6 Å². The summed E-state index contributed by atoms with van der Waals surface area (Å²) in [5, 5.41) is 3.11. The molecule has 2 aliphatic rings. The van der Waals surface area contributed by atoms with E-state index in [0.29, 0.717) is 23.4 Å². The second kappa shape index (κ2) is 5.11. The molecule has 2 aliphatic carbocycles. The van der Waals surface area contributed by atoms with Crippen molar-refractivity contribution < 1.29 is 8.42 Å². The molecule has 0 aromatic carbocycles. The van der Waals surface area contributed by atoms with Crippen LogP contribution >= 0.6 is 0 Å². The zero-order valence-electron chi connectivity index (χ0n) is 13.0. The summed E-state index contributed by atoms with van der Waals surface area (Å²) in [5.74, 6) is 0.467. The van der Waals surface area contributed by atoms with Crippen LogP contribution in [0.25, 0.3) is 0 Å². The standard InChI is InChI=1S/C15H25N3O2S/c1-15(2,11-4-5-11)17-21(19,20)14-8-13(9-16-3)18(10-14)12-6-7-12/h8,10-12,16-17H,4-7,9H2,1-3H3. The van der Waals surface area contributed by atoms with Gasteiger partial charge in [-0.3, -0.25) is 0 Å². The second-order valence-electron chi connectivity index (χ2n) is 6.94. The van der Waals surface area contributed by atoms with E-state index in [-0.39, 0.29) is 5.54 Å². The molecule has 0 amide bonds. The minimum absolute atomic E-state index is 0.357. The quantitative estimate of drug-likeness (QED) is 0.809. The molecule has 2 fully saturated rings. The lowest BCUT2D eigenvalue weighted by Gasteiger charge is -2.25. The first-order valence-corrected chi connectivity index (χ1v) is 9.21. The Kier molecular flexibility index (Phi) is 3.66. The van der Waals surface area contributed by atoms with E-state index in [4.69, 9.17) is 0 Å². The van der Waals surface area contributed by atoms with Crippen LogP contribution in [-0.2, 0) is 16.6 Å². The Morgan fingerprint density at radius 2 is 1.95 bits per heavy atom. The molecule has 1 heterocycles. The molecule has 0 saturated heterocycles. The van der Waals surface area contributed by atoms with E-state index in [1.54, 1.807) is 12.3 Å². The van der Waals surface area contributed by atoms with Crippen molar-refractivity contribution in [2.45, 2.75) is 62.6 Å². The van der Waals surface area contributed by atoms with E-state index < -0.39 is 10.0 Å².